The van der Waals surface area contributed by atoms with Gasteiger partial charge in [-0.3, -0.25) is 0 Å². The summed E-state index contributed by atoms with van der Waals surface area (Å²) >= 11 is 0. The fourth-order valence-corrected chi connectivity index (χ4v) is 2.86. The molecule has 0 amide bonds. The van der Waals surface area contributed by atoms with E-state index in [-0.39, 0.29) is 12.1 Å². The molecule has 0 spiro atoms. The number of nitrogens with zero attached hydrogens (tertiary/aromatic N) is 1. The van der Waals surface area contributed by atoms with Crippen molar-refractivity contribution in [2.45, 2.75) is 44.2 Å². The van der Waals surface area contributed by atoms with Gasteiger partial charge in [0.2, 0.25) is 0 Å². The first-order valence-electron chi connectivity index (χ1n) is 6.92. The van der Waals surface area contributed by atoms with Crippen LogP contribution in [-0.4, -0.2) is 29.6 Å². The van der Waals surface area contributed by atoms with Gasteiger partial charge in [-0.05, 0) is 32.0 Å². The second kappa shape index (κ2) is 6.44. The van der Waals surface area contributed by atoms with Gasteiger partial charge in [-0.15, -0.1) is 0 Å². The van der Waals surface area contributed by atoms with Crippen molar-refractivity contribution in [1.82, 2.24) is 4.90 Å². The van der Waals surface area contributed by atoms with Crippen LogP contribution < -0.4 is 0 Å². The van der Waals surface area contributed by atoms with Crippen LogP contribution in [-0.2, 0) is 0 Å². The minimum atomic E-state index is -1.12. The lowest BCUT2D eigenvalue weighted by molar-refractivity contribution is 0.0865. The molecule has 2 nitrogen and oxygen atoms in total. The molecule has 1 aromatic carbocycles. The summed E-state index contributed by atoms with van der Waals surface area (Å²) in [5.74, 6) is -1.35. The van der Waals surface area contributed by atoms with E-state index in [1.807, 2.05) is 11.9 Å². The molecule has 1 aliphatic carbocycles. The summed E-state index contributed by atoms with van der Waals surface area (Å²) in [6.07, 6.45) is 4.73. The Morgan fingerprint density at radius 2 is 1.79 bits per heavy atom. The summed E-state index contributed by atoms with van der Waals surface area (Å²) < 4.78 is 27.1. The van der Waals surface area contributed by atoms with Crippen molar-refractivity contribution in [2.75, 3.05) is 13.6 Å². The second-order valence-electron chi connectivity index (χ2n) is 5.38. The Morgan fingerprint density at radius 3 is 2.37 bits per heavy atom. The van der Waals surface area contributed by atoms with E-state index in [1.54, 1.807) is 0 Å². The maximum Gasteiger partial charge on any atom is 0.131 e. The van der Waals surface area contributed by atoms with Crippen LogP contribution in [0.25, 0.3) is 0 Å². The Labute approximate surface area is 113 Å². The lowest BCUT2D eigenvalue weighted by Crippen LogP contribution is -2.36. The van der Waals surface area contributed by atoms with Crippen LogP contribution in [0.2, 0.25) is 0 Å². The molecule has 4 heteroatoms. The van der Waals surface area contributed by atoms with Crippen molar-refractivity contribution in [3.05, 3.63) is 35.4 Å². The lowest BCUT2D eigenvalue weighted by atomic mass is 9.94. The number of benzene rings is 1. The third-order valence-corrected chi connectivity index (χ3v) is 3.99. The van der Waals surface area contributed by atoms with Crippen molar-refractivity contribution in [1.29, 1.82) is 0 Å². The molecule has 1 aromatic rings. The fourth-order valence-electron chi connectivity index (χ4n) is 2.86. The van der Waals surface area contributed by atoms with Crippen molar-refractivity contribution in [3.63, 3.8) is 0 Å². The Morgan fingerprint density at radius 1 is 1.21 bits per heavy atom. The highest BCUT2D eigenvalue weighted by atomic mass is 19.1. The van der Waals surface area contributed by atoms with Crippen molar-refractivity contribution < 1.29 is 13.9 Å². The minimum Gasteiger partial charge on any atom is -0.387 e. The lowest BCUT2D eigenvalue weighted by Gasteiger charge is -2.32. The van der Waals surface area contributed by atoms with Gasteiger partial charge in [-0.2, -0.15) is 0 Å². The molecule has 1 fully saturated rings. The topological polar surface area (TPSA) is 23.5 Å². The monoisotopic (exact) mass is 269 g/mol. The third-order valence-electron chi connectivity index (χ3n) is 3.99. The third kappa shape index (κ3) is 3.51. The summed E-state index contributed by atoms with van der Waals surface area (Å²) in [7, 11) is 1.91. The van der Waals surface area contributed by atoms with Crippen LogP contribution in [0, 0.1) is 11.6 Å². The second-order valence-corrected chi connectivity index (χ2v) is 5.38. The predicted octanol–water partition coefficient (Wildman–Crippen LogP) is 3.26. The molecule has 1 aliphatic rings. The number of halogens is 2. The zero-order valence-electron chi connectivity index (χ0n) is 11.3. The molecule has 1 atom stereocenters. The van der Waals surface area contributed by atoms with Crippen LogP contribution in [0.1, 0.15) is 43.8 Å². The van der Waals surface area contributed by atoms with Gasteiger partial charge >= 0.3 is 0 Å². The Kier molecular flexibility index (Phi) is 4.88. The highest BCUT2D eigenvalue weighted by Gasteiger charge is 2.23. The number of hydrogen-bond acceptors (Lipinski definition) is 2. The van der Waals surface area contributed by atoms with E-state index in [2.05, 4.69) is 0 Å². The first-order chi connectivity index (χ1) is 9.09. The molecule has 0 aromatic heterocycles. The highest BCUT2D eigenvalue weighted by molar-refractivity contribution is 5.22. The summed E-state index contributed by atoms with van der Waals surface area (Å²) in [6.45, 7) is 0.266. The molecule has 1 saturated carbocycles. The molecule has 0 bridgehead atoms. The highest BCUT2D eigenvalue weighted by Crippen LogP contribution is 2.25. The van der Waals surface area contributed by atoms with Gasteiger partial charge in [0.15, 0.2) is 0 Å². The maximum absolute atomic E-state index is 13.6. The molecule has 0 radical (unpaired) electrons. The van der Waals surface area contributed by atoms with Crippen LogP contribution in [0.15, 0.2) is 18.2 Å². The summed E-state index contributed by atoms with van der Waals surface area (Å²) in [4.78, 5) is 2.02. The summed E-state index contributed by atoms with van der Waals surface area (Å²) in [5.41, 5.74) is -0.217. The van der Waals surface area contributed by atoms with Crippen LogP contribution in [0.4, 0.5) is 8.78 Å². The number of aliphatic hydroxyl groups is 1. The maximum atomic E-state index is 13.6. The first-order valence-corrected chi connectivity index (χ1v) is 6.92. The molecule has 0 saturated heterocycles. The molecule has 0 heterocycles. The Balaban J connectivity index is 2.01. The van der Waals surface area contributed by atoms with Gasteiger partial charge in [0.1, 0.15) is 11.6 Å². The molecule has 19 heavy (non-hydrogen) atoms. The molecule has 0 aliphatic heterocycles. The molecule has 2 rings (SSSR count). The van der Waals surface area contributed by atoms with Crippen LogP contribution >= 0.6 is 0 Å². The fraction of sp³-hybridized carbons (Fsp3) is 0.600. The van der Waals surface area contributed by atoms with Crippen LogP contribution in [0.5, 0.6) is 0 Å². The Bertz CT molecular complexity index is 398. The van der Waals surface area contributed by atoms with E-state index in [0.29, 0.717) is 6.04 Å². The molecular formula is C15H21F2NO. The molecular weight excluding hydrogens is 248 g/mol. The average Bonchev–Trinajstić information content (AvgIpc) is 2.39. The van der Waals surface area contributed by atoms with E-state index in [4.69, 9.17) is 0 Å². The quantitative estimate of drug-likeness (QED) is 0.907. The van der Waals surface area contributed by atoms with Gasteiger partial charge < -0.3 is 10.0 Å². The zero-order valence-corrected chi connectivity index (χ0v) is 11.3. The number of aliphatic hydroxyl groups excluding tert-OH is 1. The van der Waals surface area contributed by atoms with Gasteiger partial charge in [0, 0.05) is 12.6 Å². The smallest absolute Gasteiger partial charge is 0.131 e. The van der Waals surface area contributed by atoms with E-state index in [9.17, 15) is 13.9 Å². The Hall–Kier alpha value is -1.00. The van der Waals surface area contributed by atoms with Gasteiger partial charge in [-0.25, -0.2) is 8.78 Å². The molecule has 1 N–H and O–H groups in total. The SMILES string of the molecule is CN(CC(O)c1c(F)cccc1F)C1CCCCC1. The predicted molar refractivity (Wildman–Crippen MR) is 70.8 cm³/mol. The average molecular weight is 269 g/mol. The number of rotatable bonds is 4. The summed E-state index contributed by atoms with van der Waals surface area (Å²) in [5, 5.41) is 10.1. The minimum absolute atomic E-state index is 0.217. The normalized spacial score (nSPS) is 18.8. The number of likely N-dealkylation sites (N-methyl/N-ethyl adjacent to an activating group) is 1. The van der Waals surface area contributed by atoms with Gasteiger partial charge in [0.25, 0.3) is 0 Å². The van der Waals surface area contributed by atoms with Crippen molar-refractivity contribution in [3.8, 4) is 0 Å². The van der Waals surface area contributed by atoms with E-state index < -0.39 is 17.7 Å². The molecule has 106 valence electrons. The standard InChI is InChI=1S/C15H21F2NO/c1-18(11-6-3-2-4-7-11)10-14(19)15-12(16)8-5-9-13(15)17/h5,8-9,11,14,19H,2-4,6-7,10H2,1H3. The number of hydrogen-bond donors (Lipinski definition) is 1. The first kappa shape index (κ1) is 14.4. The van der Waals surface area contributed by atoms with E-state index >= 15 is 0 Å². The van der Waals surface area contributed by atoms with Gasteiger partial charge in [-0.1, -0.05) is 25.3 Å². The summed E-state index contributed by atoms with van der Waals surface area (Å²) in [6, 6.07) is 4.09. The van der Waals surface area contributed by atoms with E-state index in [0.717, 1.165) is 12.8 Å². The van der Waals surface area contributed by atoms with Crippen molar-refractivity contribution in [2.24, 2.45) is 0 Å². The largest absolute Gasteiger partial charge is 0.387 e. The van der Waals surface area contributed by atoms with Crippen molar-refractivity contribution >= 4 is 0 Å². The van der Waals surface area contributed by atoms with Crippen LogP contribution in [0.3, 0.4) is 0 Å². The van der Waals surface area contributed by atoms with Gasteiger partial charge in [0.05, 0.1) is 11.7 Å². The zero-order chi connectivity index (χ0) is 13.8. The van der Waals surface area contributed by atoms with E-state index in [1.165, 1.54) is 37.5 Å². The molecule has 1 unspecified atom stereocenters.